The number of fused-ring (bicyclic) bond motifs is 1. The van der Waals surface area contributed by atoms with Crippen molar-refractivity contribution in [2.24, 2.45) is 0 Å². The van der Waals surface area contributed by atoms with Gasteiger partial charge >= 0.3 is 5.97 Å². The van der Waals surface area contributed by atoms with Crippen molar-refractivity contribution in [3.05, 3.63) is 29.8 Å². The molecule has 1 aliphatic heterocycles. The normalized spacial score (nSPS) is 22.3. The third-order valence-electron chi connectivity index (χ3n) is 3.27. The first-order valence-electron chi connectivity index (χ1n) is 6.92. The molecule has 0 saturated heterocycles. The van der Waals surface area contributed by atoms with Crippen molar-refractivity contribution in [3.8, 4) is 0 Å². The third kappa shape index (κ3) is 3.72. The molecule has 3 heteroatoms. The van der Waals surface area contributed by atoms with Gasteiger partial charge in [-0.25, -0.2) is 0 Å². The van der Waals surface area contributed by atoms with Crippen LogP contribution in [0.15, 0.2) is 24.3 Å². The first-order valence-corrected chi connectivity index (χ1v) is 6.92. The Kier molecular flexibility index (Phi) is 3.83. The van der Waals surface area contributed by atoms with E-state index >= 15 is 0 Å². The number of hydrogen-bond donors (Lipinski definition) is 1. The maximum atomic E-state index is 12.0. The summed E-state index contributed by atoms with van der Waals surface area (Å²) in [6.07, 6.45) is 1.43. The van der Waals surface area contributed by atoms with Gasteiger partial charge in [0, 0.05) is 11.7 Å². The van der Waals surface area contributed by atoms with Gasteiger partial charge in [-0.1, -0.05) is 18.2 Å². The van der Waals surface area contributed by atoms with Crippen molar-refractivity contribution in [1.29, 1.82) is 0 Å². The van der Waals surface area contributed by atoms with Crippen LogP contribution in [0.3, 0.4) is 0 Å². The fourth-order valence-electron chi connectivity index (χ4n) is 2.64. The number of carbonyl (C=O) groups is 1. The highest BCUT2D eigenvalue weighted by atomic mass is 16.6. The second-order valence-electron chi connectivity index (χ2n) is 6.36. The summed E-state index contributed by atoms with van der Waals surface area (Å²) in [4.78, 5) is 12.0. The van der Waals surface area contributed by atoms with Crippen LogP contribution in [0.2, 0.25) is 0 Å². The number of nitrogens with one attached hydrogen (secondary N) is 1. The summed E-state index contributed by atoms with van der Waals surface area (Å²) in [5.41, 5.74) is 1.97. The van der Waals surface area contributed by atoms with Gasteiger partial charge in [0.1, 0.15) is 5.60 Å². The number of benzene rings is 1. The highest BCUT2D eigenvalue weighted by Gasteiger charge is 2.27. The Morgan fingerprint density at radius 1 is 1.37 bits per heavy atom. The number of rotatable bonds is 2. The molecule has 0 bridgehead atoms. The molecular formula is C16H23NO2. The predicted molar refractivity (Wildman–Crippen MR) is 77.3 cm³/mol. The largest absolute Gasteiger partial charge is 0.460 e. The topological polar surface area (TPSA) is 38.3 Å². The van der Waals surface area contributed by atoms with E-state index in [-0.39, 0.29) is 11.9 Å². The molecule has 3 nitrogen and oxygen atoms in total. The summed E-state index contributed by atoms with van der Waals surface area (Å²) in [5.74, 6) is 0.142. The lowest BCUT2D eigenvalue weighted by molar-refractivity contribution is -0.155. The van der Waals surface area contributed by atoms with Crippen molar-refractivity contribution < 1.29 is 9.53 Å². The number of anilines is 1. The Morgan fingerprint density at radius 2 is 2.05 bits per heavy atom. The fraction of sp³-hybridized carbons (Fsp3) is 0.562. The van der Waals surface area contributed by atoms with E-state index in [9.17, 15) is 4.79 Å². The SMILES string of the molecule is CC1CC(CC(=O)OC(C)(C)C)c2ccccc2N1. The van der Waals surface area contributed by atoms with E-state index in [1.165, 1.54) is 5.56 Å². The van der Waals surface area contributed by atoms with Crippen LogP contribution in [0, 0.1) is 0 Å². The monoisotopic (exact) mass is 261 g/mol. The van der Waals surface area contributed by atoms with E-state index < -0.39 is 5.60 Å². The molecule has 2 atom stereocenters. The van der Waals surface area contributed by atoms with Crippen LogP contribution in [0.5, 0.6) is 0 Å². The molecule has 2 unspecified atom stereocenters. The molecule has 0 saturated carbocycles. The Labute approximate surface area is 115 Å². The second-order valence-corrected chi connectivity index (χ2v) is 6.36. The molecule has 1 aromatic carbocycles. The minimum absolute atomic E-state index is 0.110. The molecule has 0 radical (unpaired) electrons. The van der Waals surface area contributed by atoms with Gasteiger partial charge in [0.25, 0.3) is 0 Å². The molecule has 19 heavy (non-hydrogen) atoms. The van der Waals surface area contributed by atoms with Crippen LogP contribution >= 0.6 is 0 Å². The molecule has 0 aromatic heterocycles. The number of ether oxygens (including phenoxy) is 1. The average molecular weight is 261 g/mol. The molecule has 2 rings (SSSR count). The second kappa shape index (κ2) is 5.24. The summed E-state index contributed by atoms with van der Waals surface area (Å²) in [6, 6.07) is 8.62. The molecule has 0 spiro atoms. The molecule has 0 fully saturated rings. The van der Waals surface area contributed by atoms with Crippen LogP contribution in [0.1, 0.15) is 52.0 Å². The van der Waals surface area contributed by atoms with Gasteiger partial charge in [-0.3, -0.25) is 4.79 Å². The molecule has 1 N–H and O–H groups in total. The van der Waals surface area contributed by atoms with Crippen LogP contribution in [0.4, 0.5) is 5.69 Å². The molecule has 1 aromatic rings. The van der Waals surface area contributed by atoms with Crippen LogP contribution in [0.25, 0.3) is 0 Å². The van der Waals surface area contributed by atoms with Crippen LogP contribution < -0.4 is 5.32 Å². The minimum Gasteiger partial charge on any atom is -0.460 e. The van der Waals surface area contributed by atoms with Gasteiger partial charge in [-0.05, 0) is 51.7 Å². The maximum absolute atomic E-state index is 12.0. The van der Waals surface area contributed by atoms with E-state index in [2.05, 4.69) is 24.4 Å². The van der Waals surface area contributed by atoms with Gasteiger partial charge in [-0.15, -0.1) is 0 Å². The Bertz CT molecular complexity index is 462. The summed E-state index contributed by atoms with van der Waals surface area (Å²) in [7, 11) is 0. The summed E-state index contributed by atoms with van der Waals surface area (Å²) >= 11 is 0. The van der Waals surface area contributed by atoms with Crippen molar-refractivity contribution in [2.75, 3.05) is 5.32 Å². The van der Waals surface area contributed by atoms with Gasteiger partial charge in [0.15, 0.2) is 0 Å². The zero-order chi connectivity index (χ0) is 14.0. The number of carbonyl (C=O) groups excluding carboxylic acids is 1. The average Bonchev–Trinajstić information content (AvgIpc) is 2.25. The van der Waals surface area contributed by atoms with Gasteiger partial charge in [0.2, 0.25) is 0 Å². The quantitative estimate of drug-likeness (QED) is 0.825. The predicted octanol–water partition coefficient (Wildman–Crippen LogP) is 3.71. The Balaban J connectivity index is 2.11. The van der Waals surface area contributed by atoms with E-state index in [4.69, 9.17) is 4.74 Å². The Hall–Kier alpha value is -1.51. The molecule has 1 heterocycles. The highest BCUT2D eigenvalue weighted by Crippen LogP contribution is 2.36. The maximum Gasteiger partial charge on any atom is 0.306 e. The zero-order valence-electron chi connectivity index (χ0n) is 12.2. The zero-order valence-corrected chi connectivity index (χ0v) is 12.2. The highest BCUT2D eigenvalue weighted by molar-refractivity contribution is 5.72. The standard InChI is InChI=1S/C16H23NO2/c1-11-9-12(10-15(18)19-16(2,3)4)13-7-5-6-8-14(13)17-11/h5-8,11-12,17H,9-10H2,1-4H3. The van der Waals surface area contributed by atoms with Gasteiger partial charge in [0.05, 0.1) is 6.42 Å². The summed E-state index contributed by atoms with van der Waals surface area (Å²) < 4.78 is 5.43. The lowest BCUT2D eigenvalue weighted by atomic mass is 9.85. The van der Waals surface area contributed by atoms with Crippen molar-refractivity contribution >= 4 is 11.7 Å². The van der Waals surface area contributed by atoms with Gasteiger partial charge in [-0.2, -0.15) is 0 Å². The smallest absolute Gasteiger partial charge is 0.306 e. The van der Waals surface area contributed by atoms with E-state index in [0.717, 1.165) is 12.1 Å². The number of hydrogen-bond acceptors (Lipinski definition) is 3. The summed E-state index contributed by atoms with van der Waals surface area (Å²) in [6.45, 7) is 7.87. The van der Waals surface area contributed by atoms with E-state index in [0.29, 0.717) is 12.5 Å². The first-order chi connectivity index (χ1) is 8.85. The van der Waals surface area contributed by atoms with Gasteiger partial charge < -0.3 is 10.1 Å². The lowest BCUT2D eigenvalue weighted by Crippen LogP contribution is -2.29. The molecule has 0 amide bonds. The fourth-order valence-corrected chi connectivity index (χ4v) is 2.64. The molecule has 1 aliphatic rings. The first kappa shape index (κ1) is 13.9. The van der Waals surface area contributed by atoms with Crippen molar-refractivity contribution in [1.82, 2.24) is 0 Å². The molecule has 104 valence electrons. The van der Waals surface area contributed by atoms with E-state index in [1.54, 1.807) is 0 Å². The third-order valence-corrected chi connectivity index (χ3v) is 3.27. The van der Waals surface area contributed by atoms with E-state index in [1.807, 2.05) is 32.9 Å². The van der Waals surface area contributed by atoms with Crippen molar-refractivity contribution in [3.63, 3.8) is 0 Å². The van der Waals surface area contributed by atoms with Crippen LogP contribution in [-0.2, 0) is 9.53 Å². The van der Waals surface area contributed by atoms with Crippen molar-refractivity contribution in [2.45, 2.75) is 58.1 Å². The molecular weight excluding hydrogens is 238 g/mol. The van der Waals surface area contributed by atoms with Crippen LogP contribution in [-0.4, -0.2) is 17.6 Å². The Morgan fingerprint density at radius 3 is 2.74 bits per heavy atom. The lowest BCUT2D eigenvalue weighted by Gasteiger charge is -2.31. The summed E-state index contributed by atoms with van der Waals surface area (Å²) in [5, 5.41) is 3.46. The number of esters is 1. The molecule has 0 aliphatic carbocycles. The minimum atomic E-state index is -0.408. The number of para-hydroxylation sites is 1.